The number of rotatable bonds is 6. The quantitative estimate of drug-likeness (QED) is 0.772. The Morgan fingerprint density at radius 2 is 1.96 bits per heavy atom. The van der Waals surface area contributed by atoms with Gasteiger partial charge in [0, 0.05) is 18.1 Å². The van der Waals surface area contributed by atoms with Gasteiger partial charge in [0.2, 0.25) is 5.91 Å². The van der Waals surface area contributed by atoms with E-state index in [1.807, 2.05) is 0 Å². The highest BCUT2D eigenvalue weighted by Gasteiger charge is 2.29. The summed E-state index contributed by atoms with van der Waals surface area (Å²) < 4.78 is 4.85. The number of carbonyl (C=O) groups is 4. The van der Waals surface area contributed by atoms with Crippen LogP contribution < -0.4 is 5.32 Å². The normalized spacial score (nSPS) is 14.0. The molecule has 1 aliphatic heterocycles. The van der Waals surface area contributed by atoms with Gasteiger partial charge in [0.05, 0.1) is 11.3 Å². The standard InChI is InChI=1S/C14H13ClN2O5S/c15-10-3-1-9(2-4-10)13(20)22-7-11(18)16-5-6-17-12(19)8-23-14(17)21/h1-4H,5-8H2,(H,16,18). The highest BCUT2D eigenvalue weighted by molar-refractivity contribution is 8.14. The number of nitrogens with one attached hydrogen (secondary N) is 1. The first kappa shape index (κ1) is 17.3. The number of hydrogen-bond acceptors (Lipinski definition) is 6. The zero-order valence-corrected chi connectivity index (χ0v) is 13.5. The zero-order valence-electron chi connectivity index (χ0n) is 11.9. The molecule has 0 radical (unpaired) electrons. The Morgan fingerprint density at radius 3 is 2.57 bits per heavy atom. The Kier molecular flexibility index (Phi) is 6.00. The van der Waals surface area contributed by atoms with Crippen LogP contribution >= 0.6 is 23.4 Å². The maximum Gasteiger partial charge on any atom is 0.338 e. The molecule has 0 spiro atoms. The van der Waals surface area contributed by atoms with Gasteiger partial charge >= 0.3 is 5.97 Å². The second kappa shape index (κ2) is 7.98. The number of benzene rings is 1. The van der Waals surface area contributed by atoms with E-state index >= 15 is 0 Å². The Balaban J connectivity index is 1.69. The minimum Gasteiger partial charge on any atom is -0.452 e. The van der Waals surface area contributed by atoms with Crippen molar-refractivity contribution in [2.75, 3.05) is 25.4 Å². The van der Waals surface area contributed by atoms with E-state index < -0.39 is 18.5 Å². The first-order valence-electron chi connectivity index (χ1n) is 6.64. The van der Waals surface area contributed by atoms with Crippen LogP contribution in [0.2, 0.25) is 5.02 Å². The van der Waals surface area contributed by atoms with E-state index in [2.05, 4.69) is 5.32 Å². The van der Waals surface area contributed by atoms with E-state index in [1.165, 1.54) is 12.1 Å². The van der Waals surface area contributed by atoms with Gasteiger partial charge in [-0.3, -0.25) is 19.3 Å². The Morgan fingerprint density at radius 1 is 1.26 bits per heavy atom. The SMILES string of the molecule is O=C(COC(=O)c1ccc(Cl)cc1)NCCN1C(=O)CSC1=O. The summed E-state index contributed by atoms with van der Waals surface area (Å²) in [5.41, 5.74) is 0.285. The lowest BCUT2D eigenvalue weighted by molar-refractivity contribution is -0.126. The molecule has 1 N–H and O–H groups in total. The summed E-state index contributed by atoms with van der Waals surface area (Å²) >= 11 is 6.64. The molecule has 0 saturated carbocycles. The van der Waals surface area contributed by atoms with E-state index in [9.17, 15) is 19.2 Å². The second-order valence-corrected chi connectivity index (χ2v) is 5.90. The lowest BCUT2D eigenvalue weighted by Gasteiger charge is -2.13. The second-order valence-electron chi connectivity index (χ2n) is 4.53. The molecule has 1 aromatic rings. The molecule has 2 rings (SSSR count). The number of nitrogens with zero attached hydrogens (tertiary/aromatic N) is 1. The molecule has 1 heterocycles. The van der Waals surface area contributed by atoms with E-state index in [0.717, 1.165) is 16.7 Å². The van der Waals surface area contributed by atoms with E-state index in [-0.39, 0.29) is 35.6 Å². The molecule has 3 amide bonds. The molecule has 1 saturated heterocycles. The van der Waals surface area contributed by atoms with Crippen molar-refractivity contribution < 1.29 is 23.9 Å². The first-order chi connectivity index (χ1) is 11.0. The number of imide groups is 1. The third-order valence-corrected chi connectivity index (χ3v) is 4.02. The molecule has 0 atom stereocenters. The Hall–Kier alpha value is -2.06. The highest BCUT2D eigenvalue weighted by atomic mass is 35.5. The van der Waals surface area contributed by atoms with Crippen molar-refractivity contribution in [3.63, 3.8) is 0 Å². The van der Waals surface area contributed by atoms with E-state index in [0.29, 0.717) is 5.02 Å². The summed E-state index contributed by atoms with van der Waals surface area (Å²) in [4.78, 5) is 47.0. The van der Waals surface area contributed by atoms with Crippen LogP contribution in [0.5, 0.6) is 0 Å². The summed E-state index contributed by atoms with van der Waals surface area (Å²) in [6.45, 7) is -0.241. The fourth-order valence-corrected chi connectivity index (χ4v) is 2.63. The van der Waals surface area contributed by atoms with Gasteiger partial charge < -0.3 is 10.1 Å². The van der Waals surface area contributed by atoms with E-state index in [4.69, 9.17) is 16.3 Å². The van der Waals surface area contributed by atoms with Crippen LogP contribution in [0.1, 0.15) is 10.4 Å². The van der Waals surface area contributed by atoms with Gasteiger partial charge in [-0.15, -0.1) is 0 Å². The predicted molar refractivity (Wildman–Crippen MR) is 84.3 cm³/mol. The molecular formula is C14H13ClN2O5S. The van der Waals surface area contributed by atoms with Gasteiger partial charge in [-0.05, 0) is 24.3 Å². The van der Waals surface area contributed by atoms with Crippen LogP contribution in [0.15, 0.2) is 24.3 Å². The monoisotopic (exact) mass is 356 g/mol. The van der Waals surface area contributed by atoms with Crippen LogP contribution in [0.4, 0.5) is 4.79 Å². The number of halogens is 1. The molecule has 122 valence electrons. The molecule has 0 aromatic heterocycles. The number of amides is 3. The van der Waals surface area contributed by atoms with Crippen molar-refractivity contribution in [2.45, 2.75) is 0 Å². The largest absolute Gasteiger partial charge is 0.452 e. The molecule has 0 bridgehead atoms. The molecule has 0 unspecified atom stereocenters. The zero-order chi connectivity index (χ0) is 16.8. The van der Waals surface area contributed by atoms with Crippen LogP contribution in [0, 0.1) is 0 Å². The number of ether oxygens (including phenoxy) is 1. The summed E-state index contributed by atoms with van der Waals surface area (Å²) in [6, 6.07) is 6.07. The average Bonchev–Trinajstić information content (AvgIpc) is 2.85. The molecule has 1 fully saturated rings. The molecule has 1 aliphatic rings. The molecule has 9 heteroatoms. The highest BCUT2D eigenvalue weighted by Crippen LogP contribution is 2.17. The molecule has 0 aliphatic carbocycles. The van der Waals surface area contributed by atoms with Crippen molar-refractivity contribution in [3.8, 4) is 0 Å². The van der Waals surface area contributed by atoms with E-state index in [1.54, 1.807) is 12.1 Å². The topological polar surface area (TPSA) is 92.8 Å². The van der Waals surface area contributed by atoms with Crippen molar-refractivity contribution in [3.05, 3.63) is 34.9 Å². The van der Waals surface area contributed by atoms with Gasteiger partial charge in [-0.25, -0.2) is 4.79 Å². The van der Waals surface area contributed by atoms with Crippen LogP contribution in [0.3, 0.4) is 0 Å². The van der Waals surface area contributed by atoms with Crippen LogP contribution in [0.25, 0.3) is 0 Å². The summed E-state index contributed by atoms with van der Waals surface area (Å²) in [5.74, 6) is -1.30. The summed E-state index contributed by atoms with van der Waals surface area (Å²) in [6.07, 6.45) is 0. The van der Waals surface area contributed by atoms with Crippen molar-refractivity contribution >= 4 is 46.4 Å². The van der Waals surface area contributed by atoms with Crippen LogP contribution in [-0.4, -0.2) is 53.4 Å². The van der Waals surface area contributed by atoms with Crippen molar-refractivity contribution in [1.29, 1.82) is 0 Å². The fourth-order valence-electron chi connectivity index (χ4n) is 1.76. The first-order valence-corrected chi connectivity index (χ1v) is 8.00. The minimum absolute atomic E-state index is 0.0987. The number of carbonyl (C=O) groups excluding carboxylic acids is 4. The molecular weight excluding hydrogens is 344 g/mol. The van der Waals surface area contributed by atoms with Gasteiger partial charge in [-0.2, -0.15) is 0 Å². The predicted octanol–water partition coefficient (Wildman–Crippen LogP) is 1.31. The molecule has 23 heavy (non-hydrogen) atoms. The number of esters is 1. The molecule has 1 aromatic carbocycles. The third kappa shape index (κ3) is 4.97. The maximum absolute atomic E-state index is 11.7. The van der Waals surface area contributed by atoms with Gasteiger partial charge in [0.25, 0.3) is 11.1 Å². The van der Waals surface area contributed by atoms with Crippen molar-refractivity contribution in [1.82, 2.24) is 10.2 Å². The van der Waals surface area contributed by atoms with Gasteiger partial charge in [0.1, 0.15) is 0 Å². The van der Waals surface area contributed by atoms with Gasteiger partial charge in [-0.1, -0.05) is 23.4 Å². The smallest absolute Gasteiger partial charge is 0.338 e. The van der Waals surface area contributed by atoms with Gasteiger partial charge in [0.15, 0.2) is 6.61 Å². The molecule has 7 nitrogen and oxygen atoms in total. The fraction of sp³-hybridized carbons (Fsp3) is 0.286. The third-order valence-electron chi connectivity index (χ3n) is 2.91. The summed E-state index contributed by atoms with van der Waals surface area (Å²) in [5, 5.41) is 2.64. The minimum atomic E-state index is -0.641. The number of hydrogen-bond donors (Lipinski definition) is 1. The average molecular weight is 357 g/mol. The van der Waals surface area contributed by atoms with Crippen molar-refractivity contribution in [2.24, 2.45) is 0 Å². The van der Waals surface area contributed by atoms with Crippen LogP contribution in [-0.2, 0) is 14.3 Å². The lowest BCUT2D eigenvalue weighted by Crippen LogP contribution is -2.38. The number of thioether (sulfide) groups is 1. The maximum atomic E-state index is 11.7. The Labute approximate surface area is 141 Å². The Bertz CT molecular complexity index is 619. The lowest BCUT2D eigenvalue weighted by atomic mass is 10.2. The summed E-state index contributed by atoms with van der Waals surface area (Å²) in [7, 11) is 0.